The Morgan fingerprint density at radius 1 is 0.912 bits per heavy atom. The van der Waals surface area contributed by atoms with Crippen LogP contribution in [-0.4, -0.2) is 47.2 Å². The van der Waals surface area contributed by atoms with Crippen molar-refractivity contribution in [3.8, 4) is 5.75 Å². The largest absolute Gasteiger partial charge is 0.484 e. The summed E-state index contributed by atoms with van der Waals surface area (Å²) >= 11 is 0. The van der Waals surface area contributed by atoms with Crippen LogP contribution in [0.3, 0.4) is 0 Å². The van der Waals surface area contributed by atoms with Crippen LogP contribution in [0.25, 0.3) is 10.8 Å². The summed E-state index contributed by atoms with van der Waals surface area (Å²) in [5, 5.41) is 8.13. The summed E-state index contributed by atoms with van der Waals surface area (Å²) in [5.41, 5.74) is 1.33. The summed E-state index contributed by atoms with van der Waals surface area (Å²) in [6.07, 6.45) is 0. The normalized spacial score (nSPS) is 10.6. The lowest BCUT2D eigenvalue weighted by molar-refractivity contribution is -0.130. The third kappa shape index (κ3) is 5.12. The SMILES string of the molecule is CN(C)C(=O)COc1ccc(NC(=O)c2nn(Cc3ccccc3)c(=O)c3ccccc23)cc1. The molecule has 0 saturated heterocycles. The monoisotopic (exact) mass is 456 g/mol. The number of benzene rings is 3. The lowest BCUT2D eigenvalue weighted by Gasteiger charge is -2.13. The fourth-order valence-corrected chi connectivity index (χ4v) is 3.37. The minimum atomic E-state index is -0.436. The number of rotatable bonds is 7. The number of carbonyl (C=O) groups is 2. The highest BCUT2D eigenvalue weighted by Gasteiger charge is 2.17. The molecule has 0 spiro atoms. The Morgan fingerprint density at radius 3 is 2.24 bits per heavy atom. The van der Waals surface area contributed by atoms with Crippen molar-refractivity contribution in [3.63, 3.8) is 0 Å². The van der Waals surface area contributed by atoms with Crippen LogP contribution in [0.4, 0.5) is 5.69 Å². The van der Waals surface area contributed by atoms with Gasteiger partial charge in [-0.15, -0.1) is 0 Å². The van der Waals surface area contributed by atoms with Crippen LogP contribution in [0.15, 0.2) is 83.7 Å². The first-order valence-electron chi connectivity index (χ1n) is 10.7. The molecule has 0 aliphatic rings. The van der Waals surface area contributed by atoms with Gasteiger partial charge in [0.2, 0.25) is 0 Å². The maximum Gasteiger partial charge on any atom is 0.276 e. The number of fused-ring (bicyclic) bond motifs is 1. The van der Waals surface area contributed by atoms with E-state index in [1.807, 2.05) is 30.3 Å². The van der Waals surface area contributed by atoms with E-state index in [1.165, 1.54) is 9.58 Å². The van der Waals surface area contributed by atoms with E-state index in [4.69, 9.17) is 4.74 Å². The molecule has 4 aromatic rings. The van der Waals surface area contributed by atoms with Gasteiger partial charge in [0.1, 0.15) is 5.75 Å². The Kier molecular flexibility index (Phi) is 6.68. The van der Waals surface area contributed by atoms with E-state index < -0.39 is 5.91 Å². The quantitative estimate of drug-likeness (QED) is 0.461. The van der Waals surface area contributed by atoms with Crippen molar-refractivity contribution in [2.75, 3.05) is 26.0 Å². The average molecular weight is 457 g/mol. The van der Waals surface area contributed by atoms with Gasteiger partial charge < -0.3 is 15.0 Å². The fourth-order valence-electron chi connectivity index (χ4n) is 3.37. The molecule has 3 aromatic carbocycles. The van der Waals surface area contributed by atoms with E-state index in [2.05, 4.69) is 10.4 Å². The molecule has 2 amide bonds. The zero-order valence-electron chi connectivity index (χ0n) is 18.9. The molecule has 0 atom stereocenters. The standard InChI is InChI=1S/C26H24N4O4/c1-29(2)23(31)17-34-20-14-12-19(13-15-20)27-25(32)24-21-10-6-7-11-22(21)26(33)30(28-24)16-18-8-4-3-5-9-18/h3-15H,16-17H2,1-2H3,(H,27,32). The van der Waals surface area contributed by atoms with E-state index in [9.17, 15) is 14.4 Å². The van der Waals surface area contributed by atoms with Gasteiger partial charge in [-0.05, 0) is 35.9 Å². The fraction of sp³-hybridized carbons (Fsp3) is 0.154. The number of likely N-dealkylation sites (N-methyl/N-ethyl adjacent to an activating group) is 1. The number of nitrogens with zero attached hydrogens (tertiary/aromatic N) is 3. The molecular weight excluding hydrogens is 432 g/mol. The highest BCUT2D eigenvalue weighted by Crippen LogP contribution is 2.19. The van der Waals surface area contributed by atoms with E-state index >= 15 is 0 Å². The lowest BCUT2D eigenvalue weighted by atomic mass is 10.1. The van der Waals surface area contributed by atoms with Crippen molar-refractivity contribution in [2.24, 2.45) is 0 Å². The van der Waals surface area contributed by atoms with E-state index in [0.29, 0.717) is 22.2 Å². The van der Waals surface area contributed by atoms with Gasteiger partial charge in [0, 0.05) is 25.2 Å². The van der Waals surface area contributed by atoms with Crippen LogP contribution >= 0.6 is 0 Å². The number of hydrogen-bond donors (Lipinski definition) is 1. The number of hydrogen-bond acceptors (Lipinski definition) is 5. The number of ether oxygens (including phenoxy) is 1. The van der Waals surface area contributed by atoms with Crippen molar-refractivity contribution in [3.05, 3.63) is 100 Å². The molecule has 4 rings (SSSR count). The molecule has 0 aliphatic carbocycles. The molecule has 172 valence electrons. The molecule has 1 aromatic heterocycles. The zero-order chi connectivity index (χ0) is 24.1. The third-order valence-corrected chi connectivity index (χ3v) is 5.23. The molecule has 34 heavy (non-hydrogen) atoms. The van der Waals surface area contributed by atoms with Gasteiger partial charge in [0.25, 0.3) is 17.4 Å². The Morgan fingerprint density at radius 2 is 1.56 bits per heavy atom. The number of amides is 2. The molecule has 0 unspecified atom stereocenters. The van der Waals surface area contributed by atoms with Crippen LogP contribution in [0.2, 0.25) is 0 Å². The Hall–Kier alpha value is -4.46. The highest BCUT2D eigenvalue weighted by molar-refractivity contribution is 6.11. The first kappa shape index (κ1) is 22.7. The molecule has 8 nitrogen and oxygen atoms in total. The minimum absolute atomic E-state index is 0.0719. The lowest BCUT2D eigenvalue weighted by Crippen LogP contribution is -2.28. The second-order valence-electron chi connectivity index (χ2n) is 7.90. The number of anilines is 1. The maximum absolute atomic E-state index is 13.1. The summed E-state index contributed by atoms with van der Waals surface area (Å²) in [4.78, 5) is 39.3. The van der Waals surface area contributed by atoms with Crippen molar-refractivity contribution in [1.29, 1.82) is 0 Å². The topological polar surface area (TPSA) is 93.5 Å². The molecule has 1 N–H and O–H groups in total. The molecular formula is C26H24N4O4. The second kappa shape index (κ2) is 9.99. The number of aromatic nitrogens is 2. The van der Waals surface area contributed by atoms with Gasteiger partial charge in [0.05, 0.1) is 11.9 Å². The van der Waals surface area contributed by atoms with Gasteiger partial charge in [-0.2, -0.15) is 5.10 Å². The van der Waals surface area contributed by atoms with Crippen LogP contribution in [0, 0.1) is 0 Å². The Bertz CT molecular complexity index is 1380. The summed E-state index contributed by atoms with van der Waals surface area (Å²) in [5.74, 6) is -0.0800. The molecule has 1 heterocycles. The predicted octanol–water partition coefficient (Wildman–Crippen LogP) is 3.16. The smallest absolute Gasteiger partial charge is 0.276 e. The molecule has 0 bridgehead atoms. The first-order valence-corrected chi connectivity index (χ1v) is 10.7. The molecule has 0 saturated carbocycles. The van der Waals surface area contributed by atoms with Crippen molar-refractivity contribution in [1.82, 2.24) is 14.7 Å². The highest BCUT2D eigenvalue weighted by atomic mass is 16.5. The van der Waals surface area contributed by atoms with Gasteiger partial charge >= 0.3 is 0 Å². The van der Waals surface area contributed by atoms with Gasteiger partial charge in [-0.3, -0.25) is 14.4 Å². The first-order chi connectivity index (χ1) is 16.4. The second-order valence-corrected chi connectivity index (χ2v) is 7.90. The molecule has 8 heteroatoms. The van der Waals surface area contributed by atoms with Crippen LogP contribution in [0.5, 0.6) is 5.75 Å². The minimum Gasteiger partial charge on any atom is -0.484 e. The summed E-state index contributed by atoms with van der Waals surface area (Å²) in [6, 6.07) is 23.1. The Labute approximate surface area is 196 Å². The van der Waals surface area contributed by atoms with Gasteiger partial charge in [-0.25, -0.2) is 4.68 Å². The van der Waals surface area contributed by atoms with Crippen LogP contribution < -0.4 is 15.6 Å². The maximum atomic E-state index is 13.1. The average Bonchev–Trinajstić information content (AvgIpc) is 2.85. The van der Waals surface area contributed by atoms with E-state index in [1.54, 1.807) is 62.6 Å². The predicted molar refractivity (Wildman–Crippen MR) is 130 cm³/mol. The number of carbonyl (C=O) groups excluding carboxylic acids is 2. The van der Waals surface area contributed by atoms with Gasteiger partial charge in [-0.1, -0.05) is 48.5 Å². The summed E-state index contributed by atoms with van der Waals surface area (Å²) in [7, 11) is 3.32. The molecule has 0 radical (unpaired) electrons. The van der Waals surface area contributed by atoms with Crippen molar-refractivity contribution in [2.45, 2.75) is 6.54 Å². The van der Waals surface area contributed by atoms with Crippen LogP contribution in [0.1, 0.15) is 16.1 Å². The van der Waals surface area contributed by atoms with Crippen molar-refractivity contribution >= 4 is 28.3 Å². The Balaban J connectivity index is 1.58. The molecule has 0 aliphatic heterocycles. The summed E-state index contributed by atoms with van der Waals surface area (Å²) in [6.45, 7) is 0.181. The number of nitrogens with one attached hydrogen (secondary N) is 1. The third-order valence-electron chi connectivity index (χ3n) is 5.23. The zero-order valence-corrected chi connectivity index (χ0v) is 18.9. The van der Waals surface area contributed by atoms with Gasteiger partial charge in [0.15, 0.2) is 12.3 Å². The molecule has 0 fully saturated rings. The van der Waals surface area contributed by atoms with Crippen LogP contribution in [-0.2, 0) is 11.3 Å². The van der Waals surface area contributed by atoms with Crippen molar-refractivity contribution < 1.29 is 14.3 Å². The van der Waals surface area contributed by atoms with E-state index in [-0.39, 0.29) is 30.3 Å². The summed E-state index contributed by atoms with van der Waals surface area (Å²) < 4.78 is 6.77. The van der Waals surface area contributed by atoms with E-state index in [0.717, 1.165) is 5.56 Å².